The van der Waals surface area contributed by atoms with Crippen LogP contribution in [0, 0.1) is 40.7 Å². The summed E-state index contributed by atoms with van der Waals surface area (Å²) in [7, 11) is 0. The molecule has 1 unspecified atom stereocenters. The topological polar surface area (TPSA) is 131 Å². The van der Waals surface area contributed by atoms with Gasteiger partial charge in [0.25, 0.3) is 0 Å². The van der Waals surface area contributed by atoms with Gasteiger partial charge in [0.15, 0.2) is 17.3 Å². The van der Waals surface area contributed by atoms with E-state index in [2.05, 4.69) is 10.6 Å². The number of nitrogens with one attached hydrogen (secondary N) is 2. The van der Waals surface area contributed by atoms with Gasteiger partial charge in [0.1, 0.15) is 18.5 Å². The van der Waals surface area contributed by atoms with E-state index in [9.17, 15) is 28.0 Å². The number of rotatable bonds is 10. The molecule has 1 aromatic rings. The van der Waals surface area contributed by atoms with Crippen LogP contribution in [-0.2, 0) is 19.2 Å². The largest absolute Gasteiger partial charge is 0.483 e. The number of fused-ring (bicyclic) bond motifs is 1. The van der Waals surface area contributed by atoms with Crippen LogP contribution < -0.4 is 21.1 Å². The lowest BCUT2D eigenvalue weighted by molar-refractivity contribution is -0.143. The fraction of sp³-hybridized carbons (Fsp3) is 0.630. The van der Waals surface area contributed by atoms with E-state index in [1.165, 1.54) is 4.90 Å². The third-order valence-corrected chi connectivity index (χ3v) is 8.42. The van der Waals surface area contributed by atoms with E-state index in [-0.39, 0.29) is 47.2 Å². The zero-order valence-corrected chi connectivity index (χ0v) is 22.1. The van der Waals surface area contributed by atoms with Crippen molar-refractivity contribution in [3.8, 4) is 5.75 Å². The molecule has 4 rings (SSSR count). The lowest BCUT2D eigenvalue weighted by atomic mass is 9.94. The van der Waals surface area contributed by atoms with Crippen LogP contribution in [0.4, 0.5) is 8.78 Å². The van der Waals surface area contributed by atoms with Crippen molar-refractivity contribution in [1.29, 1.82) is 0 Å². The smallest absolute Gasteiger partial charge is 0.243 e. The van der Waals surface area contributed by atoms with Gasteiger partial charge in [-0.25, -0.2) is 8.78 Å². The number of amides is 3. The minimum absolute atomic E-state index is 0.0370. The Morgan fingerprint density at radius 1 is 1.26 bits per heavy atom. The number of carbonyl (C=O) groups excluding carboxylic acids is 4. The van der Waals surface area contributed by atoms with Gasteiger partial charge in [-0.2, -0.15) is 0 Å². The number of carbonyl (C=O) groups is 4. The highest BCUT2D eigenvalue weighted by Gasteiger charge is 2.69. The Labute approximate surface area is 220 Å². The summed E-state index contributed by atoms with van der Waals surface area (Å²) >= 11 is 0. The van der Waals surface area contributed by atoms with Gasteiger partial charge in [-0.05, 0) is 48.1 Å². The molecule has 11 heteroatoms. The molecule has 3 amide bonds. The SMILES string of the molecule is CC(C)[C@H](N)C(=O)N1C[C@H]2[C@@H]([C@H]1C(=O)N[C@@H](CC1CCNC1=O)C(=O)COc1ccc(F)cc1F)C2(C)C. The highest BCUT2D eigenvalue weighted by Crippen LogP contribution is 2.64. The van der Waals surface area contributed by atoms with Gasteiger partial charge in [-0.15, -0.1) is 0 Å². The second kappa shape index (κ2) is 10.6. The first-order valence-corrected chi connectivity index (χ1v) is 13.1. The van der Waals surface area contributed by atoms with E-state index >= 15 is 0 Å². The molecule has 6 atom stereocenters. The number of ketones is 1. The molecule has 2 saturated heterocycles. The van der Waals surface area contributed by atoms with Crippen molar-refractivity contribution in [1.82, 2.24) is 15.5 Å². The molecule has 38 heavy (non-hydrogen) atoms. The van der Waals surface area contributed by atoms with E-state index in [0.717, 1.165) is 12.1 Å². The molecular formula is C27H36F2N4O5. The van der Waals surface area contributed by atoms with Gasteiger partial charge in [0.2, 0.25) is 17.7 Å². The highest BCUT2D eigenvalue weighted by molar-refractivity contribution is 5.95. The molecule has 0 aromatic heterocycles. The molecule has 2 aliphatic heterocycles. The summed E-state index contributed by atoms with van der Waals surface area (Å²) in [5.74, 6) is -4.18. The van der Waals surface area contributed by atoms with E-state index < -0.39 is 54.0 Å². The standard InChI is InChI=1S/C27H36F2N4O5/c1-13(2)22(30)26(37)33-11-16-21(27(16,3)4)23(33)25(36)32-18(9-14-7-8-31-24(14)35)19(34)12-38-20-6-5-15(28)10-17(20)29/h5-6,10,13-14,16,18,21-23H,7-9,11-12,30H2,1-4H3,(H,31,35)(H,32,36)/t14?,16-,18-,21-,22-,23-/m0/s1. The zero-order valence-electron chi connectivity index (χ0n) is 22.1. The summed E-state index contributed by atoms with van der Waals surface area (Å²) in [6, 6.07) is 0.0671. The number of nitrogens with zero attached hydrogens (tertiary/aromatic N) is 1. The number of likely N-dealkylation sites (tertiary alicyclic amines) is 1. The highest BCUT2D eigenvalue weighted by atomic mass is 19.1. The number of ether oxygens (including phenoxy) is 1. The molecule has 0 bridgehead atoms. The first-order valence-electron chi connectivity index (χ1n) is 13.1. The molecule has 208 valence electrons. The Balaban J connectivity index is 1.52. The Hall–Kier alpha value is -3.08. The third kappa shape index (κ3) is 5.39. The molecule has 9 nitrogen and oxygen atoms in total. The molecule has 4 N–H and O–H groups in total. The first kappa shape index (κ1) is 27.9. The fourth-order valence-corrected chi connectivity index (χ4v) is 5.81. The van der Waals surface area contributed by atoms with Crippen LogP contribution in [0.5, 0.6) is 5.75 Å². The molecule has 1 saturated carbocycles. The second-order valence-electron chi connectivity index (χ2n) is 11.6. The van der Waals surface area contributed by atoms with Gasteiger partial charge in [0, 0.05) is 25.1 Å². The zero-order chi connectivity index (χ0) is 27.9. The van der Waals surface area contributed by atoms with Crippen molar-refractivity contribution in [3.63, 3.8) is 0 Å². The van der Waals surface area contributed by atoms with Crippen molar-refractivity contribution in [3.05, 3.63) is 29.8 Å². The third-order valence-electron chi connectivity index (χ3n) is 8.42. The quantitative estimate of drug-likeness (QED) is 0.416. The van der Waals surface area contributed by atoms with Gasteiger partial charge in [-0.3, -0.25) is 19.2 Å². The summed E-state index contributed by atoms with van der Waals surface area (Å²) < 4.78 is 32.5. The maximum Gasteiger partial charge on any atom is 0.243 e. The monoisotopic (exact) mass is 534 g/mol. The summed E-state index contributed by atoms with van der Waals surface area (Å²) in [6.45, 7) is 8.04. The van der Waals surface area contributed by atoms with E-state index in [4.69, 9.17) is 10.5 Å². The molecule has 0 radical (unpaired) electrons. The maximum atomic E-state index is 14.0. The fourth-order valence-electron chi connectivity index (χ4n) is 5.81. The van der Waals surface area contributed by atoms with Crippen molar-refractivity contribution in [2.45, 2.75) is 58.7 Å². The Bertz CT molecular complexity index is 1130. The summed E-state index contributed by atoms with van der Waals surface area (Å²) in [4.78, 5) is 53.8. The van der Waals surface area contributed by atoms with E-state index in [1.54, 1.807) is 0 Å². The van der Waals surface area contributed by atoms with Gasteiger partial charge in [0.05, 0.1) is 12.1 Å². The lowest BCUT2D eigenvalue weighted by Gasteiger charge is -2.33. The van der Waals surface area contributed by atoms with E-state index in [1.807, 2.05) is 27.7 Å². The Kier molecular flexibility index (Phi) is 7.79. The Morgan fingerprint density at radius 2 is 1.97 bits per heavy atom. The summed E-state index contributed by atoms with van der Waals surface area (Å²) in [5.41, 5.74) is 5.98. The van der Waals surface area contributed by atoms with Crippen LogP contribution in [-0.4, -0.2) is 66.2 Å². The van der Waals surface area contributed by atoms with Crippen molar-refractivity contribution in [2.24, 2.45) is 34.8 Å². The lowest BCUT2D eigenvalue weighted by Crippen LogP contribution is -2.57. The predicted octanol–water partition coefficient (Wildman–Crippen LogP) is 1.39. The molecule has 1 aromatic carbocycles. The number of halogens is 2. The molecule has 1 aliphatic carbocycles. The number of Topliss-reactive ketones (excluding diaryl/α,β-unsaturated/α-hetero) is 1. The first-order chi connectivity index (χ1) is 17.8. The van der Waals surface area contributed by atoms with Crippen LogP contribution in [0.15, 0.2) is 18.2 Å². The number of hydrogen-bond acceptors (Lipinski definition) is 6. The van der Waals surface area contributed by atoms with Crippen LogP contribution in [0.3, 0.4) is 0 Å². The number of hydrogen-bond donors (Lipinski definition) is 3. The molecule has 0 spiro atoms. The number of benzene rings is 1. The second-order valence-corrected chi connectivity index (χ2v) is 11.6. The molecule has 2 heterocycles. The Morgan fingerprint density at radius 3 is 2.58 bits per heavy atom. The molecular weight excluding hydrogens is 498 g/mol. The average molecular weight is 535 g/mol. The van der Waals surface area contributed by atoms with Gasteiger partial charge in [-0.1, -0.05) is 27.7 Å². The number of nitrogens with two attached hydrogens (primary N) is 1. The number of piperidine rings is 1. The normalized spacial score (nSPS) is 26.9. The van der Waals surface area contributed by atoms with Gasteiger partial charge >= 0.3 is 0 Å². The van der Waals surface area contributed by atoms with Crippen LogP contribution in [0.25, 0.3) is 0 Å². The predicted molar refractivity (Wildman–Crippen MR) is 134 cm³/mol. The van der Waals surface area contributed by atoms with Crippen molar-refractivity contribution >= 4 is 23.5 Å². The van der Waals surface area contributed by atoms with Crippen LogP contribution in [0.1, 0.15) is 40.5 Å². The molecule has 3 aliphatic rings. The minimum atomic E-state index is -1.10. The van der Waals surface area contributed by atoms with Crippen molar-refractivity contribution < 1.29 is 32.7 Å². The van der Waals surface area contributed by atoms with Crippen molar-refractivity contribution in [2.75, 3.05) is 19.7 Å². The average Bonchev–Trinajstić information content (AvgIpc) is 3.20. The van der Waals surface area contributed by atoms with Gasteiger partial charge < -0.3 is 26.0 Å². The van der Waals surface area contributed by atoms with Crippen LogP contribution in [0.2, 0.25) is 0 Å². The van der Waals surface area contributed by atoms with Crippen LogP contribution >= 0.6 is 0 Å². The summed E-state index contributed by atoms with van der Waals surface area (Å²) in [5, 5.41) is 5.49. The van der Waals surface area contributed by atoms with E-state index in [0.29, 0.717) is 25.6 Å². The maximum absolute atomic E-state index is 14.0. The minimum Gasteiger partial charge on any atom is -0.483 e. The molecule has 3 fully saturated rings. The summed E-state index contributed by atoms with van der Waals surface area (Å²) in [6.07, 6.45) is 0.538.